The van der Waals surface area contributed by atoms with Crippen molar-refractivity contribution in [3.05, 3.63) is 71.4 Å². The number of nitrogens with one attached hydrogen (secondary N) is 2. The van der Waals surface area contributed by atoms with E-state index in [4.69, 9.17) is 0 Å². The molecule has 0 radical (unpaired) electrons. The molecule has 8 nitrogen and oxygen atoms in total. The molecular weight excluding hydrogens is 459 g/mol. The van der Waals surface area contributed by atoms with Crippen LogP contribution >= 0.6 is 0 Å². The SMILES string of the molecule is Cc1n[nH]c2nc(-c3ccc(O)c(F)c3)cc(C(=O)NCC(C)(CN3CCCC3)c3ccccn3)c12. The number of likely N-dealkylation sites (tertiary alicyclic amines) is 1. The molecule has 1 saturated heterocycles. The molecule has 3 aromatic heterocycles. The number of aromatic hydroxyl groups is 1. The van der Waals surface area contributed by atoms with Gasteiger partial charge in [0, 0.05) is 36.0 Å². The number of H-pyrrole nitrogens is 1. The van der Waals surface area contributed by atoms with Gasteiger partial charge in [0.2, 0.25) is 0 Å². The maximum atomic E-state index is 14.0. The van der Waals surface area contributed by atoms with Crippen molar-refractivity contribution >= 4 is 16.9 Å². The van der Waals surface area contributed by atoms with Crippen molar-refractivity contribution in [3.8, 4) is 17.0 Å². The number of hydrogen-bond acceptors (Lipinski definition) is 6. The Balaban J connectivity index is 1.47. The van der Waals surface area contributed by atoms with Crippen LogP contribution in [0.25, 0.3) is 22.3 Å². The van der Waals surface area contributed by atoms with E-state index in [1.54, 1.807) is 18.3 Å². The Morgan fingerprint density at radius 3 is 2.75 bits per heavy atom. The number of aromatic amines is 1. The highest BCUT2D eigenvalue weighted by Crippen LogP contribution is 2.29. The van der Waals surface area contributed by atoms with Crippen LogP contribution in [0.1, 0.15) is 41.5 Å². The first-order valence-electron chi connectivity index (χ1n) is 12.1. The van der Waals surface area contributed by atoms with Gasteiger partial charge in [-0.05, 0) is 69.3 Å². The average molecular weight is 489 g/mol. The number of halogens is 1. The Labute approximate surface area is 208 Å². The zero-order valence-corrected chi connectivity index (χ0v) is 20.4. The zero-order valence-electron chi connectivity index (χ0n) is 20.4. The van der Waals surface area contributed by atoms with Crippen LogP contribution in [0.2, 0.25) is 0 Å². The molecule has 1 unspecified atom stereocenters. The van der Waals surface area contributed by atoms with Gasteiger partial charge in [-0.1, -0.05) is 13.0 Å². The number of amides is 1. The van der Waals surface area contributed by atoms with Gasteiger partial charge in [-0.15, -0.1) is 0 Å². The van der Waals surface area contributed by atoms with Crippen LogP contribution in [-0.4, -0.2) is 62.3 Å². The van der Waals surface area contributed by atoms with Crippen LogP contribution in [0.15, 0.2) is 48.7 Å². The molecule has 36 heavy (non-hydrogen) atoms. The lowest BCUT2D eigenvalue weighted by atomic mass is 9.85. The molecule has 1 atom stereocenters. The summed E-state index contributed by atoms with van der Waals surface area (Å²) in [5, 5.41) is 20.4. The van der Waals surface area contributed by atoms with E-state index in [9.17, 15) is 14.3 Å². The summed E-state index contributed by atoms with van der Waals surface area (Å²) < 4.78 is 14.0. The molecule has 3 N–H and O–H groups in total. The normalized spacial score (nSPS) is 15.8. The highest BCUT2D eigenvalue weighted by atomic mass is 19.1. The van der Waals surface area contributed by atoms with Crippen LogP contribution < -0.4 is 5.32 Å². The highest BCUT2D eigenvalue weighted by Gasteiger charge is 2.32. The van der Waals surface area contributed by atoms with Crippen LogP contribution in [0.5, 0.6) is 5.75 Å². The lowest BCUT2D eigenvalue weighted by Gasteiger charge is -2.33. The number of hydrogen-bond donors (Lipinski definition) is 3. The minimum atomic E-state index is -0.755. The van der Waals surface area contributed by atoms with E-state index in [1.165, 1.54) is 25.0 Å². The summed E-state index contributed by atoms with van der Waals surface area (Å²) in [5.74, 6) is -1.47. The Bertz CT molecular complexity index is 1400. The fourth-order valence-electron chi connectivity index (χ4n) is 4.93. The molecule has 1 amide bonds. The predicted octanol–water partition coefficient (Wildman–Crippen LogP) is 3.96. The monoisotopic (exact) mass is 488 g/mol. The molecule has 0 aliphatic carbocycles. The summed E-state index contributed by atoms with van der Waals surface area (Å²) in [7, 11) is 0. The molecule has 186 valence electrons. The van der Waals surface area contributed by atoms with E-state index >= 15 is 0 Å². The molecule has 4 heterocycles. The van der Waals surface area contributed by atoms with Crippen LogP contribution in [0.3, 0.4) is 0 Å². The second-order valence-corrected chi connectivity index (χ2v) is 9.70. The molecule has 4 aromatic rings. The number of nitrogens with zero attached hydrogens (tertiary/aromatic N) is 4. The Morgan fingerprint density at radius 1 is 1.22 bits per heavy atom. The molecule has 0 saturated carbocycles. The topological polar surface area (TPSA) is 107 Å². The predicted molar refractivity (Wildman–Crippen MR) is 135 cm³/mol. The van der Waals surface area contributed by atoms with Crippen LogP contribution in [0.4, 0.5) is 4.39 Å². The fourth-order valence-corrected chi connectivity index (χ4v) is 4.93. The Kier molecular flexibility index (Phi) is 6.40. The van der Waals surface area contributed by atoms with Crippen molar-refractivity contribution in [2.24, 2.45) is 0 Å². The molecule has 1 aliphatic heterocycles. The number of carbonyl (C=O) groups is 1. The quantitative estimate of drug-likeness (QED) is 0.364. The largest absolute Gasteiger partial charge is 0.505 e. The van der Waals surface area contributed by atoms with Gasteiger partial charge >= 0.3 is 0 Å². The summed E-state index contributed by atoms with van der Waals surface area (Å²) in [4.78, 5) is 25.2. The minimum absolute atomic E-state index is 0.268. The van der Waals surface area contributed by atoms with Crippen molar-refractivity contribution in [2.45, 2.75) is 32.1 Å². The molecule has 1 aromatic carbocycles. The van der Waals surface area contributed by atoms with Gasteiger partial charge in [0.1, 0.15) is 0 Å². The Morgan fingerprint density at radius 2 is 2.03 bits per heavy atom. The van der Waals surface area contributed by atoms with Crippen molar-refractivity contribution in [1.82, 2.24) is 30.4 Å². The van der Waals surface area contributed by atoms with Gasteiger partial charge in [0.05, 0.1) is 22.3 Å². The smallest absolute Gasteiger partial charge is 0.252 e. The average Bonchev–Trinajstić information content (AvgIpc) is 3.54. The van der Waals surface area contributed by atoms with Gasteiger partial charge < -0.3 is 15.3 Å². The summed E-state index contributed by atoms with van der Waals surface area (Å²) in [6.07, 6.45) is 4.14. The molecule has 1 aliphatic rings. The van der Waals surface area contributed by atoms with Gasteiger partial charge in [-0.2, -0.15) is 5.10 Å². The lowest BCUT2D eigenvalue weighted by molar-refractivity contribution is 0.0940. The standard InChI is InChI=1S/C27H29FN6O2/c1-17-24-19(14-21(31-25(24)33-32-17)18-8-9-22(35)20(28)13-18)26(36)30-15-27(2,16-34-11-5-6-12-34)23-7-3-4-10-29-23/h3-4,7-10,13-14,35H,5-6,11-12,15-16H2,1-2H3,(H,30,36)(H,31,32,33). The van der Waals surface area contributed by atoms with Crippen molar-refractivity contribution in [1.29, 1.82) is 0 Å². The van der Waals surface area contributed by atoms with E-state index < -0.39 is 11.6 Å². The number of benzene rings is 1. The second-order valence-electron chi connectivity index (χ2n) is 9.70. The Hall–Kier alpha value is -3.85. The van der Waals surface area contributed by atoms with Crippen LogP contribution in [-0.2, 0) is 5.41 Å². The van der Waals surface area contributed by atoms with E-state index in [-0.39, 0.29) is 11.3 Å². The molecule has 9 heteroatoms. The first kappa shape index (κ1) is 23.9. The fraction of sp³-hybridized carbons (Fsp3) is 0.333. The maximum Gasteiger partial charge on any atom is 0.252 e. The number of rotatable bonds is 7. The molecule has 0 bridgehead atoms. The summed E-state index contributed by atoms with van der Waals surface area (Å²) in [6.45, 7) is 7.21. The number of pyridine rings is 2. The number of fused-ring (bicyclic) bond motifs is 1. The summed E-state index contributed by atoms with van der Waals surface area (Å²) >= 11 is 0. The maximum absolute atomic E-state index is 14.0. The minimum Gasteiger partial charge on any atom is -0.505 e. The van der Waals surface area contributed by atoms with Gasteiger partial charge in [0.15, 0.2) is 17.2 Å². The number of aryl methyl sites for hydroxylation is 1. The zero-order chi connectivity index (χ0) is 25.3. The van der Waals surface area contributed by atoms with Gasteiger partial charge in [0.25, 0.3) is 5.91 Å². The van der Waals surface area contributed by atoms with Gasteiger partial charge in [-0.3, -0.25) is 14.9 Å². The third-order valence-corrected chi connectivity index (χ3v) is 6.89. The number of phenols is 1. The lowest BCUT2D eigenvalue weighted by Crippen LogP contribution is -2.46. The third-order valence-electron chi connectivity index (χ3n) is 6.89. The van der Waals surface area contributed by atoms with E-state index in [0.29, 0.717) is 40.1 Å². The highest BCUT2D eigenvalue weighted by molar-refractivity contribution is 6.07. The second kappa shape index (κ2) is 9.66. The van der Waals surface area contributed by atoms with E-state index in [1.807, 2.05) is 25.1 Å². The first-order valence-corrected chi connectivity index (χ1v) is 12.1. The molecular formula is C27H29FN6O2. The van der Waals surface area contributed by atoms with E-state index in [0.717, 1.165) is 25.3 Å². The first-order chi connectivity index (χ1) is 17.3. The number of aromatic nitrogens is 4. The van der Waals surface area contributed by atoms with Crippen molar-refractivity contribution in [2.75, 3.05) is 26.2 Å². The van der Waals surface area contributed by atoms with Crippen LogP contribution in [0, 0.1) is 12.7 Å². The van der Waals surface area contributed by atoms with Crippen molar-refractivity contribution < 1.29 is 14.3 Å². The number of carbonyl (C=O) groups excluding carboxylic acids is 1. The summed E-state index contributed by atoms with van der Waals surface area (Å²) in [6, 6.07) is 11.5. The molecule has 1 fully saturated rings. The molecule has 0 spiro atoms. The third kappa shape index (κ3) is 4.66. The van der Waals surface area contributed by atoms with Crippen molar-refractivity contribution in [3.63, 3.8) is 0 Å². The number of phenolic OH excluding ortho intramolecular Hbond substituents is 1. The summed E-state index contributed by atoms with van der Waals surface area (Å²) in [5.41, 5.74) is 2.88. The van der Waals surface area contributed by atoms with E-state index in [2.05, 4.69) is 37.3 Å². The molecule has 5 rings (SSSR count). The van der Waals surface area contributed by atoms with Gasteiger partial charge in [-0.25, -0.2) is 9.37 Å².